The van der Waals surface area contributed by atoms with Crippen LogP contribution in [0.4, 0.5) is 0 Å². The molecule has 0 aromatic heterocycles. The second kappa shape index (κ2) is 9.74. The molecule has 7 nitrogen and oxygen atoms in total. The van der Waals surface area contributed by atoms with Crippen LogP contribution in [0.3, 0.4) is 0 Å². The van der Waals surface area contributed by atoms with Crippen LogP contribution in [0.2, 0.25) is 0 Å². The zero-order chi connectivity index (χ0) is 23.3. The first kappa shape index (κ1) is 23.1. The van der Waals surface area contributed by atoms with E-state index >= 15 is 0 Å². The van der Waals surface area contributed by atoms with Crippen LogP contribution in [-0.4, -0.2) is 41.4 Å². The van der Waals surface area contributed by atoms with Gasteiger partial charge in [0.2, 0.25) is 0 Å². The van der Waals surface area contributed by atoms with Gasteiger partial charge in [-0.05, 0) is 47.4 Å². The lowest BCUT2D eigenvalue weighted by Crippen LogP contribution is -2.56. The number of carboxylic acids is 1. The Hall–Kier alpha value is -3.52. The lowest BCUT2D eigenvalue weighted by molar-refractivity contribution is -0.152. The third-order valence-electron chi connectivity index (χ3n) is 5.40. The van der Waals surface area contributed by atoms with Crippen molar-refractivity contribution in [2.45, 2.75) is 18.6 Å². The van der Waals surface area contributed by atoms with E-state index in [1.165, 1.54) is 19.2 Å². The first-order valence-corrected chi connectivity index (χ1v) is 9.95. The van der Waals surface area contributed by atoms with Gasteiger partial charge in [-0.25, -0.2) is 4.79 Å². The van der Waals surface area contributed by atoms with Crippen LogP contribution < -0.4 is 10.5 Å². The predicted octanol–water partition coefficient (Wildman–Crippen LogP) is 3.34. The van der Waals surface area contributed by atoms with Gasteiger partial charge >= 0.3 is 11.9 Å². The molecule has 2 atom stereocenters. The predicted molar refractivity (Wildman–Crippen MR) is 119 cm³/mol. The maximum Gasteiger partial charge on any atom is 0.343 e. The van der Waals surface area contributed by atoms with Gasteiger partial charge in [-0.2, -0.15) is 0 Å². The molecule has 0 aliphatic heterocycles. The number of carbonyl (C=O) groups excluding carboxylic acids is 1. The highest BCUT2D eigenvalue weighted by Crippen LogP contribution is 2.30. The van der Waals surface area contributed by atoms with E-state index in [0.717, 1.165) is 16.7 Å². The maximum atomic E-state index is 12.8. The Bertz CT molecular complexity index is 1100. The summed E-state index contributed by atoms with van der Waals surface area (Å²) in [7, 11) is 1.31. The summed E-state index contributed by atoms with van der Waals surface area (Å²) < 4.78 is 10.8. The molecule has 7 heteroatoms. The molecule has 0 spiro atoms. The molecule has 166 valence electrons. The van der Waals surface area contributed by atoms with E-state index in [4.69, 9.17) is 15.2 Å². The number of carbonyl (C=O) groups is 2. The summed E-state index contributed by atoms with van der Waals surface area (Å²) in [6.45, 7) is 1.06. The van der Waals surface area contributed by atoms with Crippen molar-refractivity contribution in [2.75, 3.05) is 13.7 Å². The number of hydrogen-bond acceptors (Lipinski definition) is 6. The summed E-state index contributed by atoms with van der Waals surface area (Å²) in [4.78, 5) is 24.3. The number of hydrogen-bond donors (Lipinski definition) is 3. The molecule has 0 saturated heterocycles. The van der Waals surface area contributed by atoms with E-state index in [-0.39, 0.29) is 5.75 Å². The quantitative estimate of drug-likeness (QED) is 0.367. The second-order valence-electron chi connectivity index (χ2n) is 7.42. The minimum absolute atomic E-state index is 0.278. The van der Waals surface area contributed by atoms with E-state index in [0.29, 0.717) is 11.1 Å². The Kier molecular flexibility index (Phi) is 7.05. The molecule has 0 aliphatic carbocycles. The van der Waals surface area contributed by atoms with Crippen LogP contribution in [0, 0.1) is 6.92 Å². The molecule has 0 fully saturated rings. The topological polar surface area (TPSA) is 119 Å². The van der Waals surface area contributed by atoms with Crippen LogP contribution in [0.15, 0.2) is 72.8 Å². The molecule has 0 bridgehead atoms. The molecule has 0 aliphatic rings. The Morgan fingerprint density at radius 2 is 1.66 bits per heavy atom. The first-order chi connectivity index (χ1) is 15.3. The number of esters is 1. The van der Waals surface area contributed by atoms with Gasteiger partial charge in [-0.1, -0.05) is 54.6 Å². The summed E-state index contributed by atoms with van der Waals surface area (Å²) in [5, 5.41) is 18.9. The molecular weight excluding hydrogens is 410 g/mol. The summed E-state index contributed by atoms with van der Waals surface area (Å²) in [5.74, 6) is -1.62. The van der Waals surface area contributed by atoms with Gasteiger partial charge < -0.3 is 25.4 Å². The third kappa shape index (κ3) is 4.55. The average molecular weight is 435 g/mol. The number of ether oxygens (including phenoxy) is 2. The van der Waals surface area contributed by atoms with Gasteiger partial charge in [0.25, 0.3) is 0 Å². The summed E-state index contributed by atoms with van der Waals surface area (Å²) in [6, 6.07) is 21.4. The van der Waals surface area contributed by atoms with Crippen LogP contribution in [0.25, 0.3) is 11.1 Å². The number of nitrogens with two attached hydrogens (primary N) is 1. The second-order valence-corrected chi connectivity index (χ2v) is 7.42. The first-order valence-electron chi connectivity index (χ1n) is 9.95. The van der Waals surface area contributed by atoms with Gasteiger partial charge in [0.1, 0.15) is 11.9 Å². The van der Waals surface area contributed by atoms with E-state index in [9.17, 15) is 19.8 Å². The van der Waals surface area contributed by atoms with Gasteiger partial charge in [-0.15, -0.1) is 0 Å². The van der Waals surface area contributed by atoms with Crippen molar-refractivity contribution in [3.8, 4) is 16.9 Å². The van der Waals surface area contributed by atoms with Crippen LogP contribution in [-0.2, 0) is 9.53 Å². The fourth-order valence-electron chi connectivity index (χ4n) is 3.57. The molecule has 3 aromatic carbocycles. The third-order valence-corrected chi connectivity index (χ3v) is 5.40. The van der Waals surface area contributed by atoms with Gasteiger partial charge in [0.15, 0.2) is 5.54 Å². The minimum Gasteiger partial charge on any atom is -0.480 e. The molecule has 3 rings (SSSR count). The van der Waals surface area contributed by atoms with Crippen LogP contribution in [0.5, 0.6) is 5.75 Å². The van der Waals surface area contributed by atoms with E-state index in [2.05, 4.69) is 0 Å². The molecule has 32 heavy (non-hydrogen) atoms. The van der Waals surface area contributed by atoms with Crippen molar-refractivity contribution in [1.82, 2.24) is 0 Å². The lowest BCUT2D eigenvalue weighted by atomic mass is 9.89. The summed E-state index contributed by atoms with van der Waals surface area (Å²) in [5.41, 5.74) is 7.44. The van der Waals surface area contributed by atoms with Crippen molar-refractivity contribution in [3.63, 3.8) is 0 Å². The number of benzene rings is 3. The monoisotopic (exact) mass is 435 g/mol. The van der Waals surface area contributed by atoms with Gasteiger partial charge in [0.05, 0.1) is 12.2 Å². The number of aliphatic hydroxyl groups is 1. The Labute approximate surface area is 186 Å². The fourth-order valence-corrected chi connectivity index (χ4v) is 3.57. The highest BCUT2D eigenvalue weighted by atomic mass is 16.5. The Balaban J connectivity index is 1.82. The molecule has 0 heterocycles. The van der Waals surface area contributed by atoms with Crippen molar-refractivity contribution >= 4 is 11.9 Å². The molecule has 4 N–H and O–H groups in total. The van der Waals surface area contributed by atoms with Crippen molar-refractivity contribution in [2.24, 2.45) is 5.73 Å². The normalized spacial score (nSPS) is 13.8. The van der Waals surface area contributed by atoms with Gasteiger partial charge in [-0.3, -0.25) is 4.79 Å². The number of aliphatic hydroxyl groups excluding tert-OH is 1. The largest absolute Gasteiger partial charge is 0.480 e. The smallest absolute Gasteiger partial charge is 0.343 e. The molecule has 3 aromatic rings. The standard InChI is InChI=1S/C25H25NO6/c1-16-20(17-7-4-3-5-8-17)9-6-10-21(16)23(28)32-19-13-11-18(12-14-19)22(31-2)25(26,15-27)24(29)30/h3-14,22,27H,15,26H2,1-2H3,(H,29,30). The highest BCUT2D eigenvalue weighted by molar-refractivity contribution is 5.94. The zero-order valence-electron chi connectivity index (χ0n) is 17.8. The molecular formula is C25H25NO6. The molecule has 2 unspecified atom stereocenters. The number of rotatable bonds is 8. The molecule has 0 radical (unpaired) electrons. The zero-order valence-corrected chi connectivity index (χ0v) is 17.8. The number of methoxy groups -OCH3 is 1. The number of aliphatic carboxylic acids is 1. The molecule has 0 saturated carbocycles. The maximum absolute atomic E-state index is 12.8. The Morgan fingerprint density at radius 3 is 2.22 bits per heavy atom. The molecule has 0 amide bonds. The van der Waals surface area contributed by atoms with Gasteiger partial charge in [0, 0.05) is 7.11 Å². The van der Waals surface area contributed by atoms with Crippen molar-refractivity contribution in [1.29, 1.82) is 0 Å². The van der Waals surface area contributed by atoms with Crippen molar-refractivity contribution < 1.29 is 29.3 Å². The fraction of sp³-hybridized carbons (Fsp3) is 0.200. The van der Waals surface area contributed by atoms with Crippen molar-refractivity contribution in [3.05, 3.63) is 89.5 Å². The SMILES string of the molecule is COC(c1ccc(OC(=O)c2cccc(-c3ccccc3)c2C)cc1)C(N)(CO)C(=O)O. The number of carboxylic acid groups (broad SMARTS) is 1. The summed E-state index contributed by atoms with van der Waals surface area (Å²) in [6.07, 6.45) is -1.10. The van der Waals surface area contributed by atoms with Crippen LogP contribution in [0.1, 0.15) is 27.6 Å². The van der Waals surface area contributed by atoms with E-state index in [1.54, 1.807) is 24.3 Å². The average Bonchev–Trinajstić information content (AvgIpc) is 2.81. The van der Waals surface area contributed by atoms with Crippen LogP contribution >= 0.6 is 0 Å². The minimum atomic E-state index is -2.01. The van der Waals surface area contributed by atoms with E-state index in [1.807, 2.05) is 43.3 Å². The summed E-state index contributed by atoms with van der Waals surface area (Å²) >= 11 is 0. The Morgan fingerprint density at radius 1 is 1.00 bits per heavy atom. The lowest BCUT2D eigenvalue weighted by Gasteiger charge is -2.31. The highest BCUT2D eigenvalue weighted by Gasteiger charge is 2.43. The van der Waals surface area contributed by atoms with E-state index < -0.39 is 30.2 Å².